The minimum Gasteiger partial charge on any atom is -0.355 e. The summed E-state index contributed by atoms with van der Waals surface area (Å²) in [7, 11) is 0. The Morgan fingerprint density at radius 1 is 1.18 bits per heavy atom. The second-order valence-corrected chi connectivity index (χ2v) is 7.82. The van der Waals surface area contributed by atoms with Crippen molar-refractivity contribution in [1.29, 1.82) is 0 Å². The highest BCUT2D eigenvalue weighted by atomic mass is 16.2. The van der Waals surface area contributed by atoms with Gasteiger partial charge in [0.15, 0.2) is 0 Å². The number of hydrogen-bond acceptors (Lipinski definition) is 2. The van der Waals surface area contributed by atoms with Crippen LogP contribution >= 0.6 is 0 Å². The zero-order chi connectivity index (χ0) is 16.4. The minimum atomic E-state index is -0.574. The van der Waals surface area contributed by atoms with Crippen LogP contribution in [0, 0.1) is 10.8 Å². The average molecular weight is 301 g/mol. The quantitative estimate of drug-likeness (QED) is 0.922. The van der Waals surface area contributed by atoms with Gasteiger partial charge in [-0.2, -0.15) is 0 Å². The molecule has 2 atom stereocenters. The SMILES string of the molecule is CC(CNC(=O)C1(C)CC(=O)CC(C)(C)C1)c1ccccc1. The third-order valence-corrected chi connectivity index (χ3v) is 4.62. The van der Waals surface area contributed by atoms with Crippen LogP contribution in [0.1, 0.15) is 58.4 Å². The number of rotatable bonds is 4. The molecule has 2 rings (SSSR count). The van der Waals surface area contributed by atoms with E-state index in [1.807, 2.05) is 25.1 Å². The van der Waals surface area contributed by atoms with Gasteiger partial charge in [0.1, 0.15) is 5.78 Å². The summed E-state index contributed by atoms with van der Waals surface area (Å²) in [6.45, 7) is 8.78. The predicted molar refractivity (Wildman–Crippen MR) is 88.6 cm³/mol. The standard InChI is InChI=1S/C19H27NO2/c1-14(15-8-6-5-7-9-15)12-20-17(22)19(4)11-16(21)10-18(2,3)13-19/h5-9,14H,10-13H2,1-4H3,(H,20,22). The fourth-order valence-electron chi connectivity index (χ4n) is 3.73. The van der Waals surface area contributed by atoms with Crippen molar-refractivity contribution >= 4 is 11.7 Å². The lowest BCUT2D eigenvalue weighted by Gasteiger charge is -2.40. The van der Waals surface area contributed by atoms with Crippen LogP contribution in [0.2, 0.25) is 0 Å². The molecule has 120 valence electrons. The van der Waals surface area contributed by atoms with Crippen molar-refractivity contribution in [2.75, 3.05) is 6.54 Å². The van der Waals surface area contributed by atoms with Gasteiger partial charge in [-0.05, 0) is 23.3 Å². The first kappa shape index (κ1) is 16.7. The van der Waals surface area contributed by atoms with Crippen molar-refractivity contribution in [3.63, 3.8) is 0 Å². The summed E-state index contributed by atoms with van der Waals surface area (Å²) in [6, 6.07) is 10.2. The molecule has 22 heavy (non-hydrogen) atoms. The van der Waals surface area contributed by atoms with E-state index < -0.39 is 5.41 Å². The third-order valence-electron chi connectivity index (χ3n) is 4.62. The second kappa shape index (κ2) is 6.23. The van der Waals surface area contributed by atoms with E-state index in [0.717, 1.165) is 6.42 Å². The van der Waals surface area contributed by atoms with Crippen molar-refractivity contribution in [2.24, 2.45) is 10.8 Å². The summed E-state index contributed by atoms with van der Waals surface area (Å²) in [5.41, 5.74) is 0.551. The van der Waals surface area contributed by atoms with E-state index in [1.165, 1.54) is 5.56 Å². The van der Waals surface area contributed by atoms with Gasteiger partial charge in [0.25, 0.3) is 0 Å². The van der Waals surface area contributed by atoms with Crippen molar-refractivity contribution in [1.82, 2.24) is 5.32 Å². The van der Waals surface area contributed by atoms with Crippen LogP contribution in [-0.4, -0.2) is 18.2 Å². The molecule has 0 saturated heterocycles. The summed E-state index contributed by atoms with van der Waals surface area (Å²) in [5.74, 6) is 0.475. The molecule has 1 aliphatic carbocycles. The van der Waals surface area contributed by atoms with Gasteiger partial charge < -0.3 is 5.32 Å². The molecule has 1 aliphatic rings. The lowest BCUT2D eigenvalue weighted by molar-refractivity contribution is -0.141. The van der Waals surface area contributed by atoms with Crippen LogP contribution in [0.15, 0.2) is 30.3 Å². The number of carbonyl (C=O) groups is 2. The van der Waals surface area contributed by atoms with E-state index in [1.54, 1.807) is 0 Å². The van der Waals surface area contributed by atoms with Crippen molar-refractivity contribution < 1.29 is 9.59 Å². The molecular formula is C19H27NO2. The Morgan fingerprint density at radius 3 is 2.41 bits per heavy atom. The van der Waals surface area contributed by atoms with Crippen LogP contribution < -0.4 is 5.32 Å². The Bertz CT molecular complexity index is 550. The Morgan fingerprint density at radius 2 is 1.82 bits per heavy atom. The smallest absolute Gasteiger partial charge is 0.226 e. The molecule has 2 unspecified atom stereocenters. The number of benzene rings is 1. The molecule has 0 radical (unpaired) electrons. The predicted octanol–water partition coefficient (Wildman–Crippen LogP) is 3.69. The molecule has 3 heteroatoms. The zero-order valence-corrected chi connectivity index (χ0v) is 14.1. The van der Waals surface area contributed by atoms with Gasteiger partial charge in [-0.1, -0.05) is 58.0 Å². The Balaban J connectivity index is 1.98. The summed E-state index contributed by atoms with van der Waals surface area (Å²) < 4.78 is 0. The Kier molecular flexibility index (Phi) is 4.74. The van der Waals surface area contributed by atoms with E-state index in [0.29, 0.717) is 19.4 Å². The number of Topliss-reactive ketones (excluding diaryl/α,β-unsaturated/α-hetero) is 1. The molecule has 0 bridgehead atoms. The largest absolute Gasteiger partial charge is 0.355 e. The Hall–Kier alpha value is -1.64. The maximum absolute atomic E-state index is 12.6. The summed E-state index contributed by atoms with van der Waals surface area (Å²) in [6.07, 6.45) is 1.70. The third kappa shape index (κ3) is 3.96. The topological polar surface area (TPSA) is 46.2 Å². The van der Waals surface area contributed by atoms with Gasteiger partial charge in [-0.15, -0.1) is 0 Å². The average Bonchev–Trinajstić information content (AvgIpc) is 2.42. The molecule has 0 aromatic heterocycles. The molecule has 0 spiro atoms. The first-order valence-electron chi connectivity index (χ1n) is 8.07. The highest BCUT2D eigenvalue weighted by Crippen LogP contribution is 2.44. The Labute approximate surface area is 133 Å². The van der Waals surface area contributed by atoms with Gasteiger partial charge in [0, 0.05) is 19.4 Å². The van der Waals surface area contributed by atoms with Crippen LogP contribution in [0.5, 0.6) is 0 Å². The second-order valence-electron chi connectivity index (χ2n) is 7.82. The number of amides is 1. The highest BCUT2D eigenvalue weighted by molar-refractivity contribution is 5.91. The normalized spacial score (nSPS) is 25.5. The van der Waals surface area contributed by atoms with E-state index in [9.17, 15) is 9.59 Å². The molecule has 3 nitrogen and oxygen atoms in total. The molecule has 0 aliphatic heterocycles. The number of nitrogens with one attached hydrogen (secondary N) is 1. The van der Waals surface area contributed by atoms with Crippen LogP contribution in [0.4, 0.5) is 0 Å². The fourth-order valence-corrected chi connectivity index (χ4v) is 3.73. The van der Waals surface area contributed by atoms with Gasteiger partial charge in [-0.25, -0.2) is 0 Å². The molecule has 1 N–H and O–H groups in total. The number of ketones is 1. The summed E-state index contributed by atoms with van der Waals surface area (Å²) >= 11 is 0. The van der Waals surface area contributed by atoms with Crippen LogP contribution in [-0.2, 0) is 9.59 Å². The molecular weight excluding hydrogens is 274 g/mol. The van der Waals surface area contributed by atoms with Crippen LogP contribution in [0.25, 0.3) is 0 Å². The lowest BCUT2D eigenvalue weighted by atomic mass is 9.63. The monoisotopic (exact) mass is 301 g/mol. The first-order valence-corrected chi connectivity index (χ1v) is 8.07. The van der Waals surface area contributed by atoms with Crippen molar-refractivity contribution in [3.05, 3.63) is 35.9 Å². The van der Waals surface area contributed by atoms with E-state index >= 15 is 0 Å². The number of carbonyl (C=O) groups excluding carboxylic acids is 2. The maximum atomic E-state index is 12.6. The molecule has 1 aromatic rings. The zero-order valence-electron chi connectivity index (χ0n) is 14.1. The summed E-state index contributed by atoms with van der Waals surface area (Å²) in [4.78, 5) is 24.6. The van der Waals surface area contributed by atoms with E-state index in [2.05, 4.69) is 38.2 Å². The van der Waals surface area contributed by atoms with Gasteiger partial charge in [0.2, 0.25) is 5.91 Å². The summed E-state index contributed by atoms with van der Waals surface area (Å²) in [5, 5.41) is 3.06. The number of hydrogen-bond donors (Lipinski definition) is 1. The molecule has 1 amide bonds. The van der Waals surface area contributed by atoms with Crippen molar-refractivity contribution in [3.8, 4) is 0 Å². The molecule has 0 heterocycles. The van der Waals surface area contributed by atoms with E-state index in [4.69, 9.17) is 0 Å². The molecule has 1 aromatic carbocycles. The maximum Gasteiger partial charge on any atom is 0.226 e. The van der Waals surface area contributed by atoms with Crippen LogP contribution in [0.3, 0.4) is 0 Å². The molecule has 1 fully saturated rings. The molecule has 1 saturated carbocycles. The fraction of sp³-hybridized carbons (Fsp3) is 0.579. The van der Waals surface area contributed by atoms with Crippen molar-refractivity contribution in [2.45, 2.75) is 52.9 Å². The van der Waals surface area contributed by atoms with Gasteiger partial charge in [0.05, 0.1) is 5.41 Å². The van der Waals surface area contributed by atoms with Gasteiger partial charge in [-0.3, -0.25) is 9.59 Å². The minimum absolute atomic E-state index is 0.0106. The highest BCUT2D eigenvalue weighted by Gasteiger charge is 2.45. The van der Waals surface area contributed by atoms with E-state index in [-0.39, 0.29) is 23.0 Å². The first-order chi connectivity index (χ1) is 10.2. The lowest BCUT2D eigenvalue weighted by Crippen LogP contribution is -2.47. The van der Waals surface area contributed by atoms with Gasteiger partial charge >= 0.3 is 0 Å².